The quantitative estimate of drug-likeness (QED) is 0.888. The third kappa shape index (κ3) is 2.34. The second-order valence-corrected chi connectivity index (χ2v) is 6.23. The van der Waals surface area contributed by atoms with E-state index in [1.54, 1.807) is 0 Å². The molecule has 1 saturated heterocycles. The molecular formula is C14H16O3S. The number of aliphatic carboxylic acids is 1. The van der Waals surface area contributed by atoms with Crippen LogP contribution in [0, 0.1) is 0 Å². The molecule has 1 aliphatic heterocycles. The summed E-state index contributed by atoms with van der Waals surface area (Å²) in [6, 6.07) is 7.99. The Bertz CT molecular complexity index is 447. The van der Waals surface area contributed by atoms with Crippen LogP contribution >= 0.6 is 11.8 Å². The molecule has 1 N–H and O–H groups in total. The van der Waals surface area contributed by atoms with Crippen molar-refractivity contribution in [2.75, 3.05) is 11.5 Å². The van der Waals surface area contributed by atoms with E-state index in [1.165, 1.54) is 0 Å². The van der Waals surface area contributed by atoms with E-state index in [2.05, 4.69) is 0 Å². The van der Waals surface area contributed by atoms with Crippen molar-refractivity contribution in [2.24, 2.45) is 0 Å². The Kier molecular flexibility index (Phi) is 2.98. The standard InChI is InChI=1S/C14H16O3S/c15-13(16)7-14(5-6-14)10-1-3-11(4-2-10)17-12-8-18-9-12/h1-4,12H,5-9H2,(H,15,16). The van der Waals surface area contributed by atoms with Gasteiger partial charge in [-0.05, 0) is 30.5 Å². The van der Waals surface area contributed by atoms with Gasteiger partial charge < -0.3 is 9.84 Å². The largest absolute Gasteiger partial charge is 0.489 e. The van der Waals surface area contributed by atoms with E-state index in [1.807, 2.05) is 36.0 Å². The highest BCUT2D eigenvalue weighted by molar-refractivity contribution is 8.00. The molecule has 0 amide bonds. The van der Waals surface area contributed by atoms with Crippen LogP contribution in [0.2, 0.25) is 0 Å². The number of thioether (sulfide) groups is 1. The van der Waals surface area contributed by atoms with Crippen molar-refractivity contribution in [1.29, 1.82) is 0 Å². The number of carboxylic acid groups (broad SMARTS) is 1. The van der Waals surface area contributed by atoms with Crippen molar-refractivity contribution in [3.05, 3.63) is 29.8 Å². The molecule has 1 heterocycles. The van der Waals surface area contributed by atoms with Gasteiger partial charge in [-0.25, -0.2) is 0 Å². The summed E-state index contributed by atoms with van der Waals surface area (Å²) in [5.74, 6) is 2.34. The molecule has 4 heteroatoms. The van der Waals surface area contributed by atoms with Crippen molar-refractivity contribution in [3.8, 4) is 5.75 Å². The summed E-state index contributed by atoms with van der Waals surface area (Å²) in [5, 5.41) is 8.94. The van der Waals surface area contributed by atoms with Gasteiger partial charge in [0.05, 0.1) is 6.42 Å². The van der Waals surface area contributed by atoms with Crippen molar-refractivity contribution in [1.82, 2.24) is 0 Å². The van der Waals surface area contributed by atoms with Crippen LogP contribution in [-0.2, 0) is 10.2 Å². The summed E-state index contributed by atoms with van der Waals surface area (Å²) < 4.78 is 5.78. The Hall–Kier alpha value is -1.16. The maximum absolute atomic E-state index is 10.9. The zero-order chi connectivity index (χ0) is 12.6. The second-order valence-electron chi connectivity index (χ2n) is 5.15. The molecule has 0 aromatic heterocycles. The number of ether oxygens (including phenoxy) is 1. The minimum absolute atomic E-state index is 0.101. The molecule has 0 bridgehead atoms. The fourth-order valence-electron chi connectivity index (χ4n) is 2.37. The Balaban J connectivity index is 1.68. The van der Waals surface area contributed by atoms with Crippen molar-refractivity contribution < 1.29 is 14.6 Å². The van der Waals surface area contributed by atoms with E-state index < -0.39 is 5.97 Å². The van der Waals surface area contributed by atoms with Gasteiger partial charge in [0.15, 0.2) is 0 Å². The normalized spacial score (nSPS) is 21.1. The predicted octanol–water partition coefficient (Wildman–Crippen LogP) is 2.69. The lowest BCUT2D eigenvalue weighted by Gasteiger charge is -2.26. The predicted molar refractivity (Wildman–Crippen MR) is 71.3 cm³/mol. The van der Waals surface area contributed by atoms with Gasteiger partial charge >= 0.3 is 5.97 Å². The Morgan fingerprint density at radius 1 is 1.33 bits per heavy atom. The summed E-state index contributed by atoms with van der Waals surface area (Å²) in [4.78, 5) is 10.9. The number of benzene rings is 1. The summed E-state index contributed by atoms with van der Waals surface area (Å²) in [5.41, 5.74) is 1.04. The van der Waals surface area contributed by atoms with Gasteiger partial charge in [0.25, 0.3) is 0 Å². The lowest BCUT2D eigenvalue weighted by atomic mass is 9.92. The molecule has 1 aromatic carbocycles. The smallest absolute Gasteiger partial charge is 0.304 e. The first-order chi connectivity index (χ1) is 8.68. The average molecular weight is 264 g/mol. The summed E-state index contributed by atoms with van der Waals surface area (Å²) in [7, 11) is 0. The van der Waals surface area contributed by atoms with Gasteiger partial charge in [-0.15, -0.1) is 0 Å². The van der Waals surface area contributed by atoms with E-state index in [9.17, 15) is 4.79 Å². The van der Waals surface area contributed by atoms with E-state index in [0.717, 1.165) is 35.7 Å². The highest BCUT2D eigenvalue weighted by Gasteiger charge is 2.45. The van der Waals surface area contributed by atoms with Crippen LogP contribution in [0.25, 0.3) is 0 Å². The highest BCUT2D eigenvalue weighted by atomic mass is 32.2. The molecule has 1 saturated carbocycles. The molecule has 3 rings (SSSR count). The third-order valence-corrected chi connectivity index (χ3v) is 4.94. The first kappa shape index (κ1) is 11.9. The van der Waals surface area contributed by atoms with Crippen molar-refractivity contribution >= 4 is 17.7 Å². The van der Waals surface area contributed by atoms with Crippen LogP contribution in [0.3, 0.4) is 0 Å². The second kappa shape index (κ2) is 4.50. The van der Waals surface area contributed by atoms with E-state index in [-0.39, 0.29) is 11.8 Å². The molecule has 0 spiro atoms. The molecular weight excluding hydrogens is 248 g/mol. The van der Waals surface area contributed by atoms with Crippen LogP contribution in [0.1, 0.15) is 24.8 Å². The molecule has 0 unspecified atom stereocenters. The minimum atomic E-state index is -0.709. The van der Waals surface area contributed by atoms with Gasteiger partial charge in [-0.2, -0.15) is 11.8 Å². The zero-order valence-corrected chi connectivity index (χ0v) is 10.9. The first-order valence-corrected chi connectivity index (χ1v) is 7.40. The van der Waals surface area contributed by atoms with E-state index >= 15 is 0 Å². The summed E-state index contributed by atoms with van der Waals surface area (Å²) in [6.45, 7) is 0. The molecule has 0 radical (unpaired) electrons. The van der Waals surface area contributed by atoms with Crippen molar-refractivity contribution in [2.45, 2.75) is 30.8 Å². The van der Waals surface area contributed by atoms with Gasteiger partial charge in [0.2, 0.25) is 0 Å². The minimum Gasteiger partial charge on any atom is -0.489 e. The Morgan fingerprint density at radius 2 is 2.00 bits per heavy atom. The first-order valence-electron chi connectivity index (χ1n) is 6.25. The van der Waals surface area contributed by atoms with Gasteiger partial charge in [-0.3, -0.25) is 4.79 Å². The van der Waals surface area contributed by atoms with Gasteiger partial charge in [0.1, 0.15) is 11.9 Å². The number of hydrogen-bond donors (Lipinski definition) is 1. The lowest BCUT2D eigenvalue weighted by molar-refractivity contribution is -0.137. The third-order valence-electron chi connectivity index (χ3n) is 3.72. The molecule has 18 heavy (non-hydrogen) atoms. The molecule has 0 atom stereocenters. The number of carbonyl (C=O) groups is 1. The summed E-state index contributed by atoms with van der Waals surface area (Å²) in [6.07, 6.45) is 2.57. The lowest BCUT2D eigenvalue weighted by Crippen LogP contribution is -2.31. The molecule has 2 aliphatic rings. The highest BCUT2D eigenvalue weighted by Crippen LogP contribution is 2.51. The summed E-state index contributed by atoms with van der Waals surface area (Å²) >= 11 is 1.90. The molecule has 1 aliphatic carbocycles. The van der Waals surface area contributed by atoms with Crippen LogP contribution in [0.15, 0.2) is 24.3 Å². The van der Waals surface area contributed by atoms with Crippen LogP contribution in [0.4, 0.5) is 0 Å². The fourth-order valence-corrected chi connectivity index (χ4v) is 2.93. The Morgan fingerprint density at radius 3 is 2.44 bits per heavy atom. The zero-order valence-electron chi connectivity index (χ0n) is 10.1. The van der Waals surface area contributed by atoms with Gasteiger partial charge in [0, 0.05) is 16.9 Å². The molecule has 96 valence electrons. The fraction of sp³-hybridized carbons (Fsp3) is 0.500. The molecule has 2 fully saturated rings. The molecule has 3 nitrogen and oxygen atoms in total. The SMILES string of the molecule is O=C(O)CC1(c2ccc(OC3CSC3)cc2)CC1. The van der Waals surface area contributed by atoms with E-state index in [4.69, 9.17) is 9.84 Å². The molecule has 1 aromatic rings. The topological polar surface area (TPSA) is 46.5 Å². The maximum atomic E-state index is 10.9. The number of carboxylic acids is 1. The average Bonchev–Trinajstić information content (AvgIpc) is 3.04. The maximum Gasteiger partial charge on any atom is 0.304 e. The van der Waals surface area contributed by atoms with E-state index in [0.29, 0.717) is 6.10 Å². The number of hydrogen-bond acceptors (Lipinski definition) is 3. The Labute approximate surface area is 111 Å². The number of rotatable bonds is 5. The van der Waals surface area contributed by atoms with Crippen molar-refractivity contribution in [3.63, 3.8) is 0 Å². The van der Waals surface area contributed by atoms with Crippen LogP contribution in [0.5, 0.6) is 5.75 Å². The van der Waals surface area contributed by atoms with Gasteiger partial charge in [-0.1, -0.05) is 12.1 Å². The van der Waals surface area contributed by atoms with Crippen LogP contribution in [-0.4, -0.2) is 28.7 Å². The van der Waals surface area contributed by atoms with Crippen LogP contribution < -0.4 is 4.74 Å². The monoisotopic (exact) mass is 264 g/mol.